The number of carbonyl (C=O) groups is 1. The van der Waals surface area contributed by atoms with E-state index in [1.165, 1.54) is 12.4 Å². The number of anilines is 1. The van der Waals surface area contributed by atoms with Gasteiger partial charge in [-0.1, -0.05) is 17.7 Å². The van der Waals surface area contributed by atoms with Crippen molar-refractivity contribution < 1.29 is 4.79 Å². The molecule has 5 heteroatoms. The van der Waals surface area contributed by atoms with Crippen LogP contribution in [0.2, 0.25) is 5.02 Å². The standard InChI is InChI=1S/C12H10ClN3O/c1-8-3-2-5-15-11(8)16-12(17)9-7-14-6-4-10(9)13/h2-7H,1H3,(H,15,16,17). The highest BCUT2D eigenvalue weighted by molar-refractivity contribution is 6.34. The van der Waals surface area contributed by atoms with Crippen molar-refractivity contribution >= 4 is 23.3 Å². The summed E-state index contributed by atoms with van der Waals surface area (Å²) in [5.74, 6) is 0.210. The fraction of sp³-hybridized carbons (Fsp3) is 0.0833. The molecule has 0 fully saturated rings. The van der Waals surface area contributed by atoms with Crippen LogP contribution in [-0.2, 0) is 0 Å². The summed E-state index contributed by atoms with van der Waals surface area (Å²) >= 11 is 5.90. The molecule has 2 rings (SSSR count). The Morgan fingerprint density at radius 3 is 2.88 bits per heavy atom. The monoisotopic (exact) mass is 247 g/mol. The second-order valence-corrected chi connectivity index (χ2v) is 3.89. The molecule has 0 radical (unpaired) electrons. The normalized spacial score (nSPS) is 10.0. The van der Waals surface area contributed by atoms with Crippen LogP contribution >= 0.6 is 11.6 Å². The van der Waals surface area contributed by atoms with Crippen LogP contribution in [0.25, 0.3) is 0 Å². The predicted octanol–water partition coefficient (Wildman–Crippen LogP) is 2.69. The first-order valence-corrected chi connectivity index (χ1v) is 5.39. The number of aromatic nitrogens is 2. The molecule has 0 unspecified atom stereocenters. The van der Waals surface area contributed by atoms with Crippen LogP contribution in [0.1, 0.15) is 15.9 Å². The molecule has 0 aliphatic heterocycles. The van der Waals surface area contributed by atoms with E-state index < -0.39 is 0 Å². The van der Waals surface area contributed by atoms with Gasteiger partial charge in [-0.3, -0.25) is 9.78 Å². The molecule has 0 atom stereocenters. The molecule has 0 aliphatic rings. The Bertz CT molecular complexity index is 557. The van der Waals surface area contributed by atoms with Crippen molar-refractivity contribution in [1.29, 1.82) is 0 Å². The molecule has 0 saturated carbocycles. The SMILES string of the molecule is Cc1cccnc1NC(=O)c1cnccc1Cl. The molecule has 2 aromatic rings. The molecule has 0 aromatic carbocycles. The second kappa shape index (κ2) is 4.93. The molecule has 4 nitrogen and oxygen atoms in total. The van der Waals surface area contributed by atoms with E-state index in [0.717, 1.165) is 5.56 Å². The van der Waals surface area contributed by atoms with Crippen molar-refractivity contribution in [3.05, 3.63) is 52.9 Å². The summed E-state index contributed by atoms with van der Waals surface area (Å²) in [6, 6.07) is 5.25. The van der Waals surface area contributed by atoms with Gasteiger partial charge in [-0.2, -0.15) is 0 Å². The van der Waals surface area contributed by atoms with E-state index in [0.29, 0.717) is 16.4 Å². The molecule has 17 heavy (non-hydrogen) atoms. The van der Waals surface area contributed by atoms with E-state index in [9.17, 15) is 4.79 Å². The average molecular weight is 248 g/mol. The third-order valence-electron chi connectivity index (χ3n) is 2.25. The number of halogens is 1. The molecule has 1 amide bonds. The highest BCUT2D eigenvalue weighted by Gasteiger charge is 2.11. The number of pyridine rings is 2. The quantitative estimate of drug-likeness (QED) is 0.888. The average Bonchev–Trinajstić information content (AvgIpc) is 2.32. The Morgan fingerprint density at radius 2 is 2.18 bits per heavy atom. The van der Waals surface area contributed by atoms with Gasteiger partial charge in [-0.25, -0.2) is 4.98 Å². The van der Waals surface area contributed by atoms with Gasteiger partial charge >= 0.3 is 0 Å². The lowest BCUT2D eigenvalue weighted by Crippen LogP contribution is -2.14. The van der Waals surface area contributed by atoms with Crippen LogP contribution in [0.3, 0.4) is 0 Å². The Labute approximate surface area is 104 Å². The molecule has 2 heterocycles. The fourth-order valence-electron chi connectivity index (χ4n) is 1.34. The number of amides is 1. The van der Waals surface area contributed by atoms with Crippen LogP contribution < -0.4 is 5.32 Å². The Kier molecular flexibility index (Phi) is 3.35. The second-order valence-electron chi connectivity index (χ2n) is 3.48. The van der Waals surface area contributed by atoms with E-state index in [1.807, 2.05) is 19.1 Å². The molecule has 2 aromatic heterocycles. The lowest BCUT2D eigenvalue weighted by atomic mass is 10.2. The predicted molar refractivity (Wildman–Crippen MR) is 66.2 cm³/mol. The van der Waals surface area contributed by atoms with Crippen molar-refractivity contribution in [3.63, 3.8) is 0 Å². The molecule has 0 spiro atoms. The maximum Gasteiger partial charge on any atom is 0.259 e. The molecule has 0 aliphatic carbocycles. The molecular formula is C12H10ClN3O. The van der Waals surface area contributed by atoms with Gasteiger partial charge in [-0.05, 0) is 24.6 Å². The van der Waals surface area contributed by atoms with Crippen LogP contribution in [0.15, 0.2) is 36.8 Å². The number of carbonyl (C=O) groups excluding carboxylic acids is 1. The first-order chi connectivity index (χ1) is 8.18. The topological polar surface area (TPSA) is 54.9 Å². The maximum absolute atomic E-state index is 11.9. The number of hydrogen-bond donors (Lipinski definition) is 1. The van der Waals surface area contributed by atoms with Crippen LogP contribution in [0, 0.1) is 6.92 Å². The van der Waals surface area contributed by atoms with Gasteiger partial charge in [0.25, 0.3) is 5.91 Å². The van der Waals surface area contributed by atoms with Gasteiger partial charge in [0.15, 0.2) is 0 Å². The van der Waals surface area contributed by atoms with Crippen LogP contribution in [0.4, 0.5) is 5.82 Å². The smallest absolute Gasteiger partial charge is 0.259 e. The fourth-order valence-corrected chi connectivity index (χ4v) is 1.53. The van der Waals surface area contributed by atoms with E-state index in [2.05, 4.69) is 15.3 Å². The van der Waals surface area contributed by atoms with Crippen molar-refractivity contribution in [3.8, 4) is 0 Å². The molecule has 0 bridgehead atoms. The summed E-state index contributed by atoms with van der Waals surface area (Å²) in [6.45, 7) is 1.87. The highest BCUT2D eigenvalue weighted by Crippen LogP contribution is 2.16. The van der Waals surface area contributed by atoms with Crippen molar-refractivity contribution in [2.75, 3.05) is 5.32 Å². The van der Waals surface area contributed by atoms with Gasteiger partial charge in [0.2, 0.25) is 0 Å². The van der Waals surface area contributed by atoms with Crippen LogP contribution in [0.5, 0.6) is 0 Å². The van der Waals surface area contributed by atoms with E-state index in [-0.39, 0.29) is 5.91 Å². The van der Waals surface area contributed by atoms with Gasteiger partial charge in [0.1, 0.15) is 5.82 Å². The number of nitrogens with zero attached hydrogens (tertiary/aromatic N) is 2. The summed E-state index contributed by atoms with van der Waals surface area (Å²) in [5, 5.41) is 3.06. The number of aryl methyl sites for hydroxylation is 1. The summed E-state index contributed by atoms with van der Waals surface area (Å²) in [5.41, 5.74) is 1.22. The third kappa shape index (κ3) is 2.60. The minimum absolute atomic E-state index is 0.315. The van der Waals surface area contributed by atoms with E-state index in [4.69, 9.17) is 11.6 Å². The summed E-state index contributed by atoms with van der Waals surface area (Å²) in [4.78, 5) is 19.9. The lowest BCUT2D eigenvalue weighted by molar-refractivity contribution is 0.102. The number of hydrogen-bond acceptors (Lipinski definition) is 3. The first-order valence-electron chi connectivity index (χ1n) is 5.01. The Morgan fingerprint density at radius 1 is 1.35 bits per heavy atom. The number of rotatable bonds is 2. The van der Waals surface area contributed by atoms with Crippen LogP contribution in [-0.4, -0.2) is 15.9 Å². The minimum Gasteiger partial charge on any atom is -0.306 e. The van der Waals surface area contributed by atoms with Gasteiger partial charge in [0.05, 0.1) is 10.6 Å². The molecule has 1 N–H and O–H groups in total. The zero-order valence-corrected chi connectivity index (χ0v) is 9.90. The maximum atomic E-state index is 11.9. The first kappa shape index (κ1) is 11.5. The van der Waals surface area contributed by atoms with Crippen molar-refractivity contribution in [2.24, 2.45) is 0 Å². The molecule has 86 valence electrons. The zero-order chi connectivity index (χ0) is 12.3. The lowest BCUT2D eigenvalue weighted by Gasteiger charge is -2.07. The summed E-state index contributed by atoms with van der Waals surface area (Å²) in [6.07, 6.45) is 4.58. The Hall–Kier alpha value is -1.94. The summed E-state index contributed by atoms with van der Waals surface area (Å²) in [7, 11) is 0. The van der Waals surface area contributed by atoms with E-state index >= 15 is 0 Å². The zero-order valence-electron chi connectivity index (χ0n) is 9.14. The highest BCUT2D eigenvalue weighted by atomic mass is 35.5. The third-order valence-corrected chi connectivity index (χ3v) is 2.58. The van der Waals surface area contributed by atoms with Gasteiger partial charge in [0, 0.05) is 18.6 Å². The number of nitrogens with one attached hydrogen (secondary N) is 1. The van der Waals surface area contributed by atoms with E-state index in [1.54, 1.807) is 12.3 Å². The minimum atomic E-state index is -0.315. The molecular weight excluding hydrogens is 238 g/mol. The summed E-state index contributed by atoms with van der Waals surface area (Å²) < 4.78 is 0. The van der Waals surface area contributed by atoms with Crippen molar-refractivity contribution in [2.45, 2.75) is 6.92 Å². The largest absolute Gasteiger partial charge is 0.306 e. The van der Waals surface area contributed by atoms with Gasteiger partial charge in [-0.15, -0.1) is 0 Å². The van der Waals surface area contributed by atoms with Crippen molar-refractivity contribution in [1.82, 2.24) is 9.97 Å². The molecule has 0 saturated heterocycles. The Balaban J connectivity index is 2.24. The van der Waals surface area contributed by atoms with Gasteiger partial charge < -0.3 is 5.32 Å².